The smallest absolute Gasteiger partial charge is 0.307 e. The molecule has 3 rings (SSSR count). The van der Waals surface area contributed by atoms with Crippen LogP contribution in [0.2, 0.25) is 0 Å². The second-order valence-corrected chi connectivity index (χ2v) is 7.36. The van der Waals surface area contributed by atoms with Crippen LogP contribution in [0.25, 0.3) is 0 Å². The molecular weight excluding hydrogens is 288 g/mol. The van der Waals surface area contributed by atoms with Crippen molar-refractivity contribution in [3.8, 4) is 0 Å². The second-order valence-electron chi connectivity index (χ2n) is 6.48. The van der Waals surface area contributed by atoms with Gasteiger partial charge in [0.15, 0.2) is 0 Å². The number of aromatic nitrogens is 1. The first-order valence-corrected chi connectivity index (χ1v) is 8.28. The number of nitrogens with zero attached hydrogens (tertiary/aromatic N) is 2. The Kier molecular flexibility index (Phi) is 3.51. The highest BCUT2D eigenvalue weighted by Crippen LogP contribution is 2.59. The Morgan fingerprint density at radius 2 is 2.10 bits per heavy atom. The van der Waals surface area contributed by atoms with Crippen molar-refractivity contribution in [1.29, 1.82) is 0 Å². The van der Waals surface area contributed by atoms with E-state index in [4.69, 9.17) is 5.11 Å². The summed E-state index contributed by atoms with van der Waals surface area (Å²) in [5.74, 6) is -0.554. The number of carboxylic acids is 1. The summed E-state index contributed by atoms with van der Waals surface area (Å²) in [6.07, 6.45) is 2.38. The Morgan fingerprint density at radius 3 is 2.57 bits per heavy atom. The maximum Gasteiger partial charge on any atom is 0.307 e. The number of piperidine rings is 1. The number of thiazole rings is 1. The first-order chi connectivity index (χ1) is 9.93. The van der Waals surface area contributed by atoms with E-state index in [1.807, 2.05) is 10.3 Å². The van der Waals surface area contributed by atoms with E-state index in [-0.39, 0.29) is 17.2 Å². The van der Waals surface area contributed by atoms with E-state index in [1.165, 1.54) is 11.3 Å². The van der Waals surface area contributed by atoms with Crippen LogP contribution in [0.1, 0.15) is 54.5 Å². The monoisotopic (exact) mass is 308 g/mol. The Hall–Kier alpha value is -1.43. The molecule has 1 aromatic heterocycles. The Labute approximate surface area is 128 Å². The summed E-state index contributed by atoms with van der Waals surface area (Å²) in [6, 6.07) is 0. The molecule has 1 aromatic rings. The Bertz CT molecular complexity index is 573. The van der Waals surface area contributed by atoms with Crippen LogP contribution in [0.5, 0.6) is 0 Å². The van der Waals surface area contributed by atoms with Gasteiger partial charge >= 0.3 is 5.97 Å². The van der Waals surface area contributed by atoms with Gasteiger partial charge in [-0.1, -0.05) is 13.8 Å². The van der Waals surface area contributed by atoms with Crippen LogP contribution in [0.4, 0.5) is 0 Å². The van der Waals surface area contributed by atoms with Crippen LogP contribution < -0.4 is 0 Å². The topological polar surface area (TPSA) is 70.5 Å². The third kappa shape index (κ3) is 2.57. The average Bonchev–Trinajstić information content (AvgIpc) is 2.94. The number of aliphatic carboxylic acids is 1. The number of hydrogen-bond donors (Lipinski definition) is 1. The van der Waals surface area contributed by atoms with Gasteiger partial charge < -0.3 is 10.0 Å². The highest BCUT2D eigenvalue weighted by molar-refractivity contribution is 7.09. The quantitative estimate of drug-likeness (QED) is 0.931. The average molecular weight is 308 g/mol. The fourth-order valence-corrected chi connectivity index (χ4v) is 4.03. The van der Waals surface area contributed by atoms with E-state index in [0.717, 1.165) is 24.3 Å². The minimum absolute atomic E-state index is 0.0134. The molecule has 1 saturated carbocycles. The number of amides is 1. The number of carbonyl (C=O) groups excluding carboxylic acids is 1. The molecule has 1 aliphatic carbocycles. The van der Waals surface area contributed by atoms with Crippen molar-refractivity contribution in [1.82, 2.24) is 9.88 Å². The fraction of sp³-hybridized carbons (Fsp3) is 0.667. The molecule has 1 saturated heterocycles. The summed E-state index contributed by atoms with van der Waals surface area (Å²) in [7, 11) is 0. The van der Waals surface area contributed by atoms with Crippen LogP contribution in [0.3, 0.4) is 0 Å². The van der Waals surface area contributed by atoms with Crippen molar-refractivity contribution in [3.63, 3.8) is 0 Å². The van der Waals surface area contributed by atoms with Gasteiger partial charge in [0.1, 0.15) is 5.69 Å². The minimum atomic E-state index is -0.684. The van der Waals surface area contributed by atoms with Crippen LogP contribution >= 0.6 is 11.3 Å². The van der Waals surface area contributed by atoms with Crippen molar-refractivity contribution >= 4 is 23.2 Å². The number of hydrogen-bond acceptors (Lipinski definition) is 4. The first-order valence-electron chi connectivity index (χ1n) is 7.40. The molecule has 2 fully saturated rings. The summed E-state index contributed by atoms with van der Waals surface area (Å²) in [6.45, 7) is 5.43. The number of rotatable bonds is 3. The second kappa shape index (κ2) is 5.09. The summed E-state index contributed by atoms with van der Waals surface area (Å²) >= 11 is 1.53. The molecule has 1 atom stereocenters. The van der Waals surface area contributed by atoms with Crippen molar-refractivity contribution in [2.45, 2.75) is 39.0 Å². The van der Waals surface area contributed by atoms with E-state index in [1.54, 1.807) is 0 Å². The molecule has 1 spiro atoms. The van der Waals surface area contributed by atoms with Crippen LogP contribution in [0, 0.1) is 11.3 Å². The molecule has 5 nitrogen and oxygen atoms in total. The third-order valence-corrected chi connectivity index (χ3v) is 5.91. The van der Waals surface area contributed by atoms with Gasteiger partial charge in [0, 0.05) is 24.4 Å². The number of carbonyl (C=O) groups is 2. The van der Waals surface area contributed by atoms with E-state index in [2.05, 4.69) is 18.8 Å². The predicted octanol–water partition coefficient (Wildman–Crippen LogP) is 2.59. The molecule has 6 heteroatoms. The molecule has 0 bridgehead atoms. The first kappa shape index (κ1) is 14.5. The van der Waals surface area contributed by atoms with Gasteiger partial charge in [-0.2, -0.15) is 0 Å². The largest absolute Gasteiger partial charge is 0.481 e. The van der Waals surface area contributed by atoms with Crippen molar-refractivity contribution in [2.24, 2.45) is 11.3 Å². The lowest BCUT2D eigenvalue weighted by Gasteiger charge is -2.32. The number of likely N-dealkylation sites (tertiary alicyclic amines) is 1. The van der Waals surface area contributed by atoms with Crippen molar-refractivity contribution in [3.05, 3.63) is 16.1 Å². The molecule has 1 aliphatic heterocycles. The predicted molar refractivity (Wildman–Crippen MR) is 79.5 cm³/mol. The van der Waals surface area contributed by atoms with Gasteiger partial charge in [-0.3, -0.25) is 9.59 Å². The van der Waals surface area contributed by atoms with Gasteiger partial charge in [0.25, 0.3) is 5.91 Å². The zero-order valence-electron chi connectivity index (χ0n) is 12.3. The molecule has 2 aliphatic rings. The fourth-order valence-electron chi connectivity index (χ4n) is 3.22. The van der Waals surface area contributed by atoms with Crippen LogP contribution in [0.15, 0.2) is 5.38 Å². The molecule has 1 amide bonds. The zero-order chi connectivity index (χ0) is 15.2. The van der Waals surface area contributed by atoms with Crippen LogP contribution in [-0.2, 0) is 4.79 Å². The zero-order valence-corrected chi connectivity index (χ0v) is 13.2. The third-order valence-electron chi connectivity index (χ3n) is 4.77. The SMILES string of the molecule is CC(C)c1nc(C(=O)N2CCC3(CC2)CC3C(=O)O)cs1. The van der Waals surface area contributed by atoms with E-state index in [9.17, 15) is 9.59 Å². The van der Waals surface area contributed by atoms with Gasteiger partial charge in [0.05, 0.1) is 10.9 Å². The molecule has 0 aromatic carbocycles. The maximum atomic E-state index is 12.4. The normalized spacial score (nSPS) is 23.6. The van der Waals surface area contributed by atoms with Gasteiger partial charge in [0.2, 0.25) is 0 Å². The highest BCUT2D eigenvalue weighted by atomic mass is 32.1. The molecule has 21 heavy (non-hydrogen) atoms. The van der Waals surface area contributed by atoms with Crippen LogP contribution in [-0.4, -0.2) is 40.0 Å². The lowest BCUT2D eigenvalue weighted by atomic mass is 9.90. The number of carboxylic acid groups (broad SMARTS) is 1. The molecule has 1 N–H and O–H groups in total. The van der Waals surface area contributed by atoms with Gasteiger partial charge in [-0.05, 0) is 24.7 Å². The van der Waals surface area contributed by atoms with Gasteiger partial charge in [-0.15, -0.1) is 11.3 Å². The van der Waals surface area contributed by atoms with E-state index in [0.29, 0.717) is 24.7 Å². The maximum absolute atomic E-state index is 12.4. The summed E-state index contributed by atoms with van der Waals surface area (Å²) in [5.41, 5.74) is 0.499. The molecule has 2 heterocycles. The lowest BCUT2D eigenvalue weighted by molar-refractivity contribution is -0.139. The van der Waals surface area contributed by atoms with E-state index < -0.39 is 5.97 Å². The van der Waals surface area contributed by atoms with Crippen molar-refractivity contribution in [2.75, 3.05) is 13.1 Å². The van der Waals surface area contributed by atoms with Crippen molar-refractivity contribution < 1.29 is 14.7 Å². The Morgan fingerprint density at radius 1 is 1.43 bits per heavy atom. The van der Waals surface area contributed by atoms with Gasteiger partial charge in [-0.25, -0.2) is 4.98 Å². The summed E-state index contributed by atoms with van der Waals surface area (Å²) < 4.78 is 0. The lowest BCUT2D eigenvalue weighted by Crippen LogP contribution is -2.40. The standard InChI is InChI=1S/C15H20N2O3S/c1-9(2)12-16-11(8-21-12)13(18)17-5-3-15(4-6-17)7-10(15)14(19)20/h8-10H,3-7H2,1-2H3,(H,19,20). The molecule has 1 unspecified atom stereocenters. The highest BCUT2D eigenvalue weighted by Gasteiger charge is 2.59. The summed E-state index contributed by atoms with van der Waals surface area (Å²) in [5, 5.41) is 11.9. The molecular formula is C15H20N2O3S. The van der Waals surface area contributed by atoms with E-state index >= 15 is 0 Å². The minimum Gasteiger partial charge on any atom is -0.481 e. The Balaban J connectivity index is 1.61. The summed E-state index contributed by atoms with van der Waals surface area (Å²) in [4.78, 5) is 29.7. The molecule has 114 valence electrons. The molecule has 0 radical (unpaired) electrons.